The van der Waals surface area contributed by atoms with E-state index >= 15 is 0 Å². The van der Waals surface area contributed by atoms with E-state index in [0.29, 0.717) is 0 Å². The van der Waals surface area contributed by atoms with Crippen LogP contribution >= 0.6 is 0 Å². The first-order valence-corrected chi connectivity index (χ1v) is 10.8. The van der Waals surface area contributed by atoms with Crippen LogP contribution in [0.15, 0.2) is 59.7 Å². The highest BCUT2D eigenvalue weighted by atomic mass is 32.2. The highest BCUT2D eigenvalue weighted by Crippen LogP contribution is 2.21. The fraction of sp³-hybridized carbons (Fsp3) is 0.333. The Balaban J connectivity index is 1.96. The zero-order valence-corrected chi connectivity index (χ0v) is 17.5. The SMILES string of the molecule is CC(C)(C)c1ccc(/C=N\NC(=O)CN(Cc2ccccc2)S(C)(=O)=O)cc1. The maximum Gasteiger partial charge on any atom is 0.255 e. The lowest BCUT2D eigenvalue weighted by Crippen LogP contribution is -2.38. The summed E-state index contributed by atoms with van der Waals surface area (Å²) in [5.41, 5.74) is 5.32. The maximum atomic E-state index is 12.1. The van der Waals surface area contributed by atoms with Crippen LogP contribution in [0.5, 0.6) is 0 Å². The van der Waals surface area contributed by atoms with Gasteiger partial charge in [-0.3, -0.25) is 4.79 Å². The van der Waals surface area contributed by atoms with Gasteiger partial charge in [-0.05, 0) is 22.1 Å². The first-order chi connectivity index (χ1) is 13.1. The molecule has 28 heavy (non-hydrogen) atoms. The van der Waals surface area contributed by atoms with Gasteiger partial charge < -0.3 is 0 Å². The minimum absolute atomic E-state index is 0.0672. The van der Waals surface area contributed by atoms with Gasteiger partial charge in [0.05, 0.1) is 19.0 Å². The molecule has 1 amide bonds. The molecule has 0 aliphatic rings. The number of hydrogen-bond donors (Lipinski definition) is 1. The van der Waals surface area contributed by atoms with Crippen LogP contribution in [0.2, 0.25) is 0 Å². The van der Waals surface area contributed by atoms with E-state index in [0.717, 1.165) is 21.7 Å². The Bertz CT molecular complexity index is 916. The Kier molecular flexibility index (Phi) is 7.10. The van der Waals surface area contributed by atoms with Crippen LogP contribution in [-0.4, -0.2) is 37.6 Å². The van der Waals surface area contributed by atoms with Crippen molar-refractivity contribution < 1.29 is 13.2 Å². The van der Waals surface area contributed by atoms with Crippen LogP contribution in [0.4, 0.5) is 0 Å². The molecule has 7 heteroatoms. The molecule has 0 saturated carbocycles. The molecular weight excluding hydrogens is 374 g/mol. The van der Waals surface area contributed by atoms with Crippen molar-refractivity contribution in [3.05, 3.63) is 71.3 Å². The Morgan fingerprint density at radius 1 is 1.07 bits per heavy atom. The summed E-state index contributed by atoms with van der Waals surface area (Å²) in [4.78, 5) is 12.1. The van der Waals surface area contributed by atoms with Crippen LogP contribution in [0, 0.1) is 0 Å². The molecule has 0 aliphatic heterocycles. The number of carbonyl (C=O) groups excluding carboxylic acids is 1. The van der Waals surface area contributed by atoms with Gasteiger partial charge >= 0.3 is 0 Å². The molecular formula is C21H27N3O3S. The van der Waals surface area contributed by atoms with E-state index in [1.807, 2.05) is 54.6 Å². The van der Waals surface area contributed by atoms with E-state index in [-0.39, 0.29) is 18.5 Å². The Morgan fingerprint density at radius 3 is 2.21 bits per heavy atom. The molecule has 0 aliphatic carbocycles. The fourth-order valence-electron chi connectivity index (χ4n) is 2.52. The van der Waals surface area contributed by atoms with Crippen LogP contribution in [0.3, 0.4) is 0 Å². The van der Waals surface area contributed by atoms with Crippen molar-refractivity contribution in [2.24, 2.45) is 5.10 Å². The number of hydrazone groups is 1. The summed E-state index contributed by atoms with van der Waals surface area (Å²) in [7, 11) is -3.53. The number of nitrogens with one attached hydrogen (secondary N) is 1. The molecule has 0 fully saturated rings. The third-order valence-corrected chi connectivity index (χ3v) is 5.37. The lowest BCUT2D eigenvalue weighted by Gasteiger charge is -2.19. The monoisotopic (exact) mass is 401 g/mol. The van der Waals surface area contributed by atoms with Crippen molar-refractivity contribution in [3.8, 4) is 0 Å². The van der Waals surface area contributed by atoms with Gasteiger partial charge in [0.1, 0.15) is 0 Å². The molecule has 2 aromatic carbocycles. The molecule has 2 aromatic rings. The number of benzene rings is 2. The van der Waals surface area contributed by atoms with Crippen LogP contribution in [0.25, 0.3) is 0 Å². The number of rotatable bonds is 7. The Hall–Kier alpha value is -2.51. The summed E-state index contributed by atoms with van der Waals surface area (Å²) < 4.78 is 25.1. The predicted octanol–water partition coefficient (Wildman–Crippen LogP) is 2.90. The van der Waals surface area contributed by atoms with E-state index in [1.165, 1.54) is 11.8 Å². The van der Waals surface area contributed by atoms with Crippen molar-refractivity contribution in [1.82, 2.24) is 9.73 Å². The second kappa shape index (κ2) is 9.12. The van der Waals surface area contributed by atoms with Gasteiger partial charge in [-0.25, -0.2) is 13.8 Å². The van der Waals surface area contributed by atoms with Gasteiger partial charge in [0.25, 0.3) is 5.91 Å². The highest BCUT2D eigenvalue weighted by Gasteiger charge is 2.20. The zero-order chi connectivity index (χ0) is 20.8. The lowest BCUT2D eigenvalue weighted by atomic mass is 9.87. The molecule has 1 N–H and O–H groups in total. The van der Waals surface area contributed by atoms with E-state index in [9.17, 15) is 13.2 Å². The second-order valence-electron chi connectivity index (χ2n) is 7.68. The molecule has 0 spiro atoms. The molecule has 0 atom stereocenters. The van der Waals surface area contributed by atoms with Crippen LogP contribution < -0.4 is 5.43 Å². The van der Waals surface area contributed by atoms with Gasteiger partial charge in [0, 0.05) is 6.54 Å². The van der Waals surface area contributed by atoms with E-state index in [1.54, 1.807) is 0 Å². The molecule has 2 rings (SSSR count). The molecule has 0 saturated heterocycles. The van der Waals surface area contributed by atoms with E-state index in [2.05, 4.69) is 31.3 Å². The Labute approximate surface area is 167 Å². The summed E-state index contributed by atoms with van der Waals surface area (Å²) >= 11 is 0. The zero-order valence-electron chi connectivity index (χ0n) is 16.7. The highest BCUT2D eigenvalue weighted by molar-refractivity contribution is 7.88. The first kappa shape index (κ1) is 21.8. The number of sulfonamides is 1. The van der Waals surface area contributed by atoms with Gasteiger partial charge in [-0.2, -0.15) is 9.41 Å². The first-order valence-electron chi connectivity index (χ1n) is 8.97. The van der Waals surface area contributed by atoms with Crippen molar-refractivity contribution in [2.75, 3.05) is 12.8 Å². The Morgan fingerprint density at radius 2 is 1.68 bits per heavy atom. The summed E-state index contributed by atoms with van der Waals surface area (Å²) in [5, 5.41) is 3.93. The molecule has 0 unspecified atom stereocenters. The maximum absolute atomic E-state index is 12.1. The molecule has 0 heterocycles. The standard InChI is InChI=1S/C21H27N3O3S/c1-21(2,3)19-12-10-17(11-13-19)14-22-23-20(25)16-24(28(4,26)27)15-18-8-6-5-7-9-18/h5-14H,15-16H2,1-4H3,(H,23,25)/b22-14-. The van der Waals surface area contributed by atoms with Crippen molar-refractivity contribution in [3.63, 3.8) is 0 Å². The van der Waals surface area contributed by atoms with Crippen molar-refractivity contribution in [2.45, 2.75) is 32.7 Å². The number of hydrogen-bond acceptors (Lipinski definition) is 4. The van der Waals surface area contributed by atoms with Crippen molar-refractivity contribution in [1.29, 1.82) is 0 Å². The number of carbonyl (C=O) groups is 1. The molecule has 0 bridgehead atoms. The topological polar surface area (TPSA) is 78.8 Å². The summed E-state index contributed by atoms with van der Waals surface area (Å²) in [5.74, 6) is -0.496. The minimum atomic E-state index is -3.53. The molecule has 6 nitrogen and oxygen atoms in total. The average Bonchev–Trinajstić information content (AvgIpc) is 2.61. The van der Waals surface area contributed by atoms with Gasteiger partial charge in [-0.1, -0.05) is 75.4 Å². The lowest BCUT2D eigenvalue weighted by molar-refractivity contribution is -0.121. The third-order valence-electron chi connectivity index (χ3n) is 4.17. The van der Waals surface area contributed by atoms with Crippen LogP contribution in [0.1, 0.15) is 37.5 Å². The van der Waals surface area contributed by atoms with Crippen molar-refractivity contribution >= 4 is 22.1 Å². The van der Waals surface area contributed by atoms with E-state index in [4.69, 9.17) is 0 Å². The second-order valence-corrected chi connectivity index (χ2v) is 9.66. The quantitative estimate of drug-likeness (QED) is 0.572. The fourth-order valence-corrected chi connectivity index (χ4v) is 3.26. The summed E-state index contributed by atoms with van der Waals surface area (Å²) in [6.07, 6.45) is 2.62. The normalized spacial score (nSPS) is 12.5. The van der Waals surface area contributed by atoms with Gasteiger partial charge in [0.2, 0.25) is 10.0 Å². The van der Waals surface area contributed by atoms with E-state index < -0.39 is 15.9 Å². The molecule has 150 valence electrons. The largest absolute Gasteiger partial charge is 0.272 e. The number of nitrogens with zero attached hydrogens (tertiary/aromatic N) is 2. The average molecular weight is 402 g/mol. The minimum Gasteiger partial charge on any atom is -0.272 e. The molecule has 0 aromatic heterocycles. The summed E-state index contributed by atoms with van der Waals surface area (Å²) in [6.45, 7) is 6.25. The molecule has 0 radical (unpaired) electrons. The predicted molar refractivity (Wildman–Crippen MR) is 113 cm³/mol. The third kappa shape index (κ3) is 6.90. The van der Waals surface area contributed by atoms with Gasteiger partial charge in [-0.15, -0.1) is 0 Å². The van der Waals surface area contributed by atoms with Gasteiger partial charge in [0.15, 0.2) is 0 Å². The number of amides is 1. The summed E-state index contributed by atoms with van der Waals surface area (Å²) in [6, 6.07) is 17.0. The van der Waals surface area contributed by atoms with Crippen LogP contribution in [-0.2, 0) is 26.8 Å². The smallest absolute Gasteiger partial charge is 0.255 e.